The Labute approximate surface area is 175 Å². The minimum atomic E-state index is -2.31. The average molecular weight is 444 g/mol. The van der Waals surface area contributed by atoms with E-state index in [2.05, 4.69) is 5.32 Å². The van der Waals surface area contributed by atoms with Crippen molar-refractivity contribution in [3.05, 3.63) is 64.0 Å². The van der Waals surface area contributed by atoms with Gasteiger partial charge in [0.05, 0.1) is 19.6 Å². The second-order valence-electron chi connectivity index (χ2n) is 6.83. The molecule has 5 nitrogen and oxygen atoms in total. The van der Waals surface area contributed by atoms with Crippen molar-refractivity contribution in [1.82, 2.24) is 4.90 Å². The third-order valence-corrected chi connectivity index (χ3v) is 4.76. The number of carbonyl (C=O) groups is 2. The van der Waals surface area contributed by atoms with Gasteiger partial charge in [0.25, 0.3) is 0 Å². The van der Waals surface area contributed by atoms with E-state index in [1.807, 2.05) is 13.0 Å². The summed E-state index contributed by atoms with van der Waals surface area (Å²) >= 11 is 0. The smallest absolute Gasteiger partial charge is 0.244 e. The fraction of sp³-hybridized carbons (Fsp3) is 0.333. The van der Waals surface area contributed by atoms with Crippen LogP contribution in [0.15, 0.2) is 18.2 Å². The molecule has 0 spiro atoms. The summed E-state index contributed by atoms with van der Waals surface area (Å²) in [6.07, 6.45) is -1.12. The summed E-state index contributed by atoms with van der Waals surface area (Å²) in [5.41, 5.74) is 0.992. The zero-order chi connectivity index (χ0) is 23.3. The molecule has 10 heteroatoms. The number of amides is 2. The first-order valence-electron chi connectivity index (χ1n) is 9.21. The highest BCUT2D eigenvalue weighted by Gasteiger charge is 2.28. The van der Waals surface area contributed by atoms with Crippen molar-refractivity contribution in [3.63, 3.8) is 0 Å². The molecule has 0 aromatic heterocycles. The van der Waals surface area contributed by atoms with Crippen LogP contribution in [-0.4, -0.2) is 43.5 Å². The summed E-state index contributed by atoms with van der Waals surface area (Å²) in [5.74, 6) is -12.4. The van der Waals surface area contributed by atoms with Crippen LogP contribution in [0.2, 0.25) is 0 Å². The average Bonchev–Trinajstić information content (AvgIpc) is 2.74. The maximum Gasteiger partial charge on any atom is 0.244 e. The van der Waals surface area contributed by atoms with E-state index in [1.165, 1.54) is 7.11 Å². The van der Waals surface area contributed by atoms with Crippen LogP contribution in [0.5, 0.6) is 0 Å². The Bertz CT molecular complexity index is 968. The van der Waals surface area contributed by atoms with Gasteiger partial charge >= 0.3 is 0 Å². The lowest BCUT2D eigenvalue weighted by molar-refractivity contribution is -0.134. The van der Waals surface area contributed by atoms with Gasteiger partial charge in [-0.2, -0.15) is 0 Å². The molecule has 2 amide bonds. The molecule has 0 fully saturated rings. The molecule has 0 unspecified atom stereocenters. The van der Waals surface area contributed by atoms with Gasteiger partial charge < -0.3 is 15.0 Å². The van der Waals surface area contributed by atoms with Crippen LogP contribution >= 0.6 is 0 Å². The van der Waals surface area contributed by atoms with Gasteiger partial charge in [-0.1, -0.05) is 12.1 Å². The van der Waals surface area contributed by atoms with E-state index < -0.39 is 59.4 Å². The SMILES string of the molecule is COCCN(CC(=O)Nc1cccc(C)c1C)C(=O)Cc1c(F)c(F)c(F)c(F)c1F. The van der Waals surface area contributed by atoms with Gasteiger partial charge in [0.1, 0.15) is 0 Å². The van der Waals surface area contributed by atoms with Crippen molar-refractivity contribution in [1.29, 1.82) is 0 Å². The molecule has 0 saturated heterocycles. The van der Waals surface area contributed by atoms with E-state index in [1.54, 1.807) is 19.1 Å². The van der Waals surface area contributed by atoms with Gasteiger partial charge in [-0.3, -0.25) is 9.59 Å². The second-order valence-corrected chi connectivity index (χ2v) is 6.83. The van der Waals surface area contributed by atoms with Crippen LogP contribution in [0.4, 0.5) is 27.6 Å². The zero-order valence-electron chi connectivity index (χ0n) is 17.1. The summed E-state index contributed by atoms with van der Waals surface area (Å²) < 4.78 is 72.7. The highest BCUT2D eigenvalue weighted by atomic mass is 19.2. The van der Waals surface area contributed by atoms with Crippen molar-refractivity contribution in [2.45, 2.75) is 20.3 Å². The molecular weight excluding hydrogens is 423 g/mol. The molecule has 0 heterocycles. The van der Waals surface area contributed by atoms with Gasteiger partial charge in [0.2, 0.25) is 17.6 Å². The molecule has 0 aliphatic carbocycles. The first-order valence-corrected chi connectivity index (χ1v) is 9.21. The summed E-state index contributed by atoms with van der Waals surface area (Å²) in [5, 5.41) is 2.63. The number of nitrogens with one attached hydrogen (secondary N) is 1. The Morgan fingerprint density at radius 3 is 2.13 bits per heavy atom. The molecule has 0 atom stereocenters. The highest BCUT2D eigenvalue weighted by Crippen LogP contribution is 2.24. The van der Waals surface area contributed by atoms with E-state index >= 15 is 0 Å². The number of methoxy groups -OCH3 is 1. The lowest BCUT2D eigenvalue weighted by atomic mass is 10.1. The molecule has 31 heavy (non-hydrogen) atoms. The second kappa shape index (κ2) is 10.3. The van der Waals surface area contributed by atoms with Gasteiger partial charge in [-0.25, -0.2) is 22.0 Å². The fourth-order valence-corrected chi connectivity index (χ4v) is 2.81. The van der Waals surface area contributed by atoms with Gasteiger partial charge in [-0.05, 0) is 31.0 Å². The Morgan fingerprint density at radius 2 is 1.55 bits per heavy atom. The number of nitrogens with zero attached hydrogens (tertiary/aromatic N) is 1. The number of hydrogen-bond acceptors (Lipinski definition) is 3. The minimum absolute atomic E-state index is 0.0143. The maximum atomic E-state index is 13.9. The van der Waals surface area contributed by atoms with E-state index in [9.17, 15) is 31.5 Å². The number of rotatable bonds is 8. The van der Waals surface area contributed by atoms with E-state index in [0.29, 0.717) is 5.69 Å². The van der Waals surface area contributed by atoms with Crippen molar-refractivity contribution in [2.24, 2.45) is 0 Å². The number of benzene rings is 2. The normalized spacial score (nSPS) is 10.8. The molecule has 2 aromatic rings. The predicted octanol–water partition coefficient (Wildman–Crippen LogP) is 3.66. The largest absolute Gasteiger partial charge is 0.383 e. The lowest BCUT2D eigenvalue weighted by Crippen LogP contribution is -2.41. The van der Waals surface area contributed by atoms with Crippen LogP contribution in [-0.2, 0) is 20.7 Å². The van der Waals surface area contributed by atoms with Gasteiger partial charge in [0, 0.05) is 24.9 Å². The van der Waals surface area contributed by atoms with Gasteiger partial charge in [0.15, 0.2) is 23.3 Å². The van der Waals surface area contributed by atoms with Crippen LogP contribution in [0.3, 0.4) is 0 Å². The minimum Gasteiger partial charge on any atom is -0.383 e. The lowest BCUT2D eigenvalue weighted by Gasteiger charge is -2.23. The molecule has 0 aliphatic heterocycles. The van der Waals surface area contributed by atoms with Crippen molar-refractivity contribution < 1.29 is 36.3 Å². The topological polar surface area (TPSA) is 58.6 Å². The Morgan fingerprint density at radius 1 is 0.968 bits per heavy atom. The third-order valence-electron chi connectivity index (χ3n) is 4.76. The van der Waals surface area contributed by atoms with Crippen molar-refractivity contribution in [3.8, 4) is 0 Å². The quantitative estimate of drug-likeness (QED) is 0.384. The molecule has 0 saturated carbocycles. The molecule has 0 aliphatic rings. The molecular formula is C21H21F5N2O3. The number of hydrogen-bond donors (Lipinski definition) is 1. The number of halogens is 5. The van der Waals surface area contributed by atoms with Crippen LogP contribution in [0, 0.1) is 42.9 Å². The van der Waals surface area contributed by atoms with Crippen LogP contribution in [0.25, 0.3) is 0 Å². The number of ether oxygens (including phenoxy) is 1. The standard InChI is InChI=1S/C21H21F5N2O3/c1-11-5-4-6-14(12(11)2)27-15(29)10-28(7-8-31-3)16(30)9-13-17(22)19(24)21(26)20(25)18(13)23/h4-6H,7-10H2,1-3H3,(H,27,29). The van der Waals surface area contributed by atoms with E-state index in [0.717, 1.165) is 16.0 Å². The Kier molecular flexibility index (Phi) is 8.09. The molecule has 2 aromatic carbocycles. The first kappa shape index (κ1) is 24.3. The number of carbonyl (C=O) groups excluding carboxylic acids is 2. The zero-order valence-corrected chi connectivity index (χ0v) is 17.1. The summed E-state index contributed by atoms with van der Waals surface area (Å²) in [6, 6.07) is 5.24. The van der Waals surface area contributed by atoms with Crippen LogP contribution in [0.1, 0.15) is 16.7 Å². The van der Waals surface area contributed by atoms with E-state index in [4.69, 9.17) is 4.74 Å². The van der Waals surface area contributed by atoms with Crippen LogP contribution < -0.4 is 5.32 Å². The molecule has 1 N–H and O–H groups in total. The molecule has 0 radical (unpaired) electrons. The molecule has 2 rings (SSSR count). The fourth-order valence-electron chi connectivity index (χ4n) is 2.81. The first-order chi connectivity index (χ1) is 14.6. The Balaban J connectivity index is 2.21. The summed E-state index contributed by atoms with van der Waals surface area (Å²) in [7, 11) is 1.34. The number of anilines is 1. The summed E-state index contributed by atoms with van der Waals surface area (Å²) in [6.45, 7) is 2.99. The monoisotopic (exact) mass is 444 g/mol. The third kappa shape index (κ3) is 5.57. The summed E-state index contributed by atoms with van der Waals surface area (Å²) in [4.78, 5) is 25.9. The van der Waals surface area contributed by atoms with E-state index in [-0.39, 0.29) is 13.2 Å². The maximum absolute atomic E-state index is 13.9. The predicted molar refractivity (Wildman–Crippen MR) is 103 cm³/mol. The Hall–Kier alpha value is -3.01. The molecule has 168 valence electrons. The highest BCUT2D eigenvalue weighted by molar-refractivity contribution is 5.95. The van der Waals surface area contributed by atoms with Crippen molar-refractivity contribution >= 4 is 17.5 Å². The number of aryl methyl sites for hydroxylation is 1. The van der Waals surface area contributed by atoms with Gasteiger partial charge in [-0.15, -0.1) is 0 Å². The molecule has 0 bridgehead atoms. The van der Waals surface area contributed by atoms with Crippen molar-refractivity contribution in [2.75, 3.05) is 32.1 Å².